The van der Waals surface area contributed by atoms with Gasteiger partial charge in [0.05, 0.1) is 19.8 Å². The van der Waals surface area contributed by atoms with Gasteiger partial charge in [-0.15, -0.1) is 0 Å². The number of amides is 1. The highest BCUT2D eigenvalue weighted by molar-refractivity contribution is 5.96. The number of benzene rings is 1. The zero-order chi connectivity index (χ0) is 17.1. The second kappa shape index (κ2) is 6.77. The summed E-state index contributed by atoms with van der Waals surface area (Å²) in [6.45, 7) is 6.00. The summed E-state index contributed by atoms with van der Waals surface area (Å²) in [5.74, 6) is 2.65. The molecule has 0 aliphatic rings. The van der Waals surface area contributed by atoms with E-state index in [4.69, 9.17) is 13.9 Å². The fourth-order valence-corrected chi connectivity index (χ4v) is 2.70. The highest BCUT2D eigenvalue weighted by Crippen LogP contribution is 2.32. The summed E-state index contributed by atoms with van der Waals surface area (Å²) in [6, 6.07) is 5.64. The number of hydrogen-bond donors (Lipinski definition) is 0. The Hall–Kier alpha value is -2.43. The standard InChI is InChI=1S/C18H23NO4/c1-11-12(2)23-13(3)16(11)18(20)19(4)10-14-8-7-9-15(21-5)17(14)22-6/h7-9H,10H2,1-6H3. The van der Waals surface area contributed by atoms with E-state index >= 15 is 0 Å². The Morgan fingerprint density at radius 2 is 1.83 bits per heavy atom. The van der Waals surface area contributed by atoms with E-state index in [-0.39, 0.29) is 5.91 Å². The van der Waals surface area contributed by atoms with Gasteiger partial charge in [-0.2, -0.15) is 0 Å². The number of hydrogen-bond acceptors (Lipinski definition) is 4. The minimum atomic E-state index is -0.0678. The van der Waals surface area contributed by atoms with Gasteiger partial charge in [-0.3, -0.25) is 4.79 Å². The quantitative estimate of drug-likeness (QED) is 0.847. The van der Waals surface area contributed by atoms with E-state index in [1.165, 1.54) is 0 Å². The fourth-order valence-electron chi connectivity index (χ4n) is 2.70. The van der Waals surface area contributed by atoms with Gasteiger partial charge in [0.15, 0.2) is 11.5 Å². The molecule has 0 spiro atoms. The van der Waals surface area contributed by atoms with Crippen molar-refractivity contribution in [1.29, 1.82) is 0 Å². The lowest BCUT2D eigenvalue weighted by Gasteiger charge is -2.20. The highest BCUT2D eigenvalue weighted by atomic mass is 16.5. The molecule has 0 aliphatic carbocycles. The number of para-hydroxylation sites is 1. The minimum Gasteiger partial charge on any atom is -0.493 e. The third-order valence-electron chi connectivity index (χ3n) is 4.01. The second-order valence-corrected chi connectivity index (χ2v) is 5.53. The molecule has 2 rings (SSSR count). The molecule has 5 nitrogen and oxygen atoms in total. The van der Waals surface area contributed by atoms with Crippen LogP contribution in [0.3, 0.4) is 0 Å². The monoisotopic (exact) mass is 317 g/mol. The van der Waals surface area contributed by atoms with Gasteiger partial charge in [0.1, 0.15) is 11.5 Å². The third kappa shape index (κ3) is 3.18. The second-order valence-electron chi connectivity index (χ2n) is 5.53. The molecule has 0 atom stereocenters. The molecule has 0 aliphatic heterocycles. The van der Waals surface area contributed by atoms with Crippen molar-refractivity contribution in [3.05, 3.63) is 46.4 Å². The summed E-state index contributed by atoms with van der Waals surface area (Å²) in [4.78, 5) is 14.4. The summed E-state index contributed by atoms with van der Waals surface area (Å²) >= 11 is 0. The number of carbonyl (C=O) groups is 1. The molecular formula is C18H23NO4. The van der Waals surface area contributed by atoms with E-state index in [9.17, 15) is 4.79 Å². The van der Waals surface area contributed by atoms with Crippen LogP contribution < -0.4 is 9.47 Å². The largest absolute Gasteiger partial charge is 0.493 e. The Kier molecular flexibility index (Phi) is 4.98. The zero-order valence-corrected chi connectivity index (χ0v) is 14.5. The van der Waals surface area contributed by atoms with Crippen molar-refractivity contribution in [1.82, 2.24) is 4.90 Å². The molecule has 1 amide bonds. The van der Waals surface area contributed by atoms with E-state index in [1.807, 2.05) is 39.0 Å². The van der Waals surface area contributed by atoms with Gasteiger partial charge in [0.2, 0.25) is 0 Å². The maximum Gasteiger partial charge on any atom is 0.257 e. The molecule has 1 aromatic heterocycles. The number of aryl methyl sites for hydroxylation is 2. The van der Waals surface area contributed by atoms with Crippen molar-refractivity contribution in [3.63, 3.8) is 0 Å². The molecule has 1 aromatic carbocycles. The van der Waals surface area contributed by atoms with Gasteiger partial charge in [-0.25, -0.2) is 0 Å². The molecule has 1 heterocycles. The predicted octanol–water partition coefficient (Wildman–Crippen LogP) is 3.49. The van der Waals surface area contributed by atoms with Crippen LogP contribution in [0.25, 0.3) is 0 Å². The molecule has 0 saturated heterocycles. The van der Waals surface area contributed by atoms with Gasteiger partial charge in [0.25, 0.3) is 5.91 Å². The number of furan rings is 1. The van der Waals surface area contributed by atoms with Crippen molar-refractivity contribution < 1.29 is 18.7 Å². The van der Waals surface area contributed by atoms with Crippen molar-refractivity contribution in [2.24, 2.45) is 0 Å². The highest BCUT2D eigenvalue weighted by Gasteiger charge is 2.23. The molecular weight excluding hydrogens is 294 g/mol. The summed E-state index contributed by atoms with van der Waals surface area (Å²) in [6.07, 6.45) is 0. The first-order chi connectivity index (χ1) is 10.9. The van der Waals surface area contributed by atoms with Crippen LogP contribution in [0.5, 0.6) is 11.5 Å². The Morgan fingerprint density at radius 1 is 1.13 bits per heavy atom. The van der Waals surface area contributed by atoms with E-state index in [0.717, 1.165) is 16.9 Å². The van der Waals surface area contributed by atoms with Gasteiger partial charge < -0.3 is 18.8 Å². The van der Waals surface area contributed by atoms with E-state index in [2.05, 4.69) is 0 Å². The molecule has 2 aromatic rings. The average Bonchev–Trinajstić information content (AvgIpc) is 2.78. The number of carbonyl (C=O) groups excluding carboxylic acids is 1. The van der Waals surface area contributed by atoms with Gasteiger partial charge in [0, 0.05) is 24.7 Å². The summed E-state index contributed by atoms with van der Waals surface area (Å²) in [5.41, 5.74) is 2.40. The Labute approximate surface area is 136 Å². The van der Waals surface area contributed by atoms with Crippen LogP contribution in [0.15, 0.2) is 22.6 Å². The first-order valence-electron chi connectivity index (χ1n) is 7.42. The Morgan fingerprint density at radius 3 is 2.35 bits per heavy atom. The molecule has 0 saturated carbocycles. The van der Waals surface area contributed by atoms with Gasteiger partial charge >= 0.3 is 0 Å². The lowest BCUT2D eigenvalue weighted by molar-refractivity contribution is 0.0781. The smallest absolute Gasteiger partial charge is 0.257 e. The number of ether oxygens (including phenoxy) is 2. The fraction of sp³-hybridized carbons (Fsp3) is 0.389. The van der Waals surface area contributed by atoms with Crippen molar-refractivity contribution >= 4 is 5.91 Å². The maximum atomic E-state index is 12.8. The predicted molar refractivity (Wildman–Crippen MR) is 88.3 cm³/mol. The molecule has 0 bridgehead atoms. The normalized spacial score (nSPS) is 10.5. The van der Waals surface area contributed by atoms with Crippen LogP contribution >= 0.6 is 0 Å². The van der Waals surface area contributed by atoms with Crippen molar-refractivity contribution in [3.8, 4) is 11.5 Å². The molecule has 0 radical (unpaired) electrons. The van der Waals surface area contributed by atoms with Gasteiger partial charge in [-0.05, 0) is 26.8 Å². The zero-order valence-electron chi connectivity index (χ0n) is 14.5. The summed E-state index contributed by atoms with van der Waals surface area (Å²) in [5, 5.41) is 0. The van der Waals surface area contributed by atoms with Crippen LogP contribution in [-0.4, -0.2) is 32.1 Å². The molecule has 124 valence electrons. The molecule has 0 fully saturated rings. The van der Waals surface area contributed by atoms with Crippen molar-refractivity contribution in [2.45, 2.75) is 27.3 Å². The summed E-state index contributed by atoms with van der Waals surface area (Å²) < 4.78 is 16.3. The first kappa shape index (κ1) is 16.9. The number of rotatable bonds is 5. The molecule has 0 unspecified atom stereocenters. The van der Waals surface area contributed by atoms with Crippen LogP contribution in [0.2, 0.25) is 0 Å². The third-order valence-corrected chi connectivity index (χ3v) is 4.01. The van der Waals surface area contributed by atoms with Crippen LogP contribution in [0, 0.1) is 20.8 Å². The van der Waals surface area contributed by atoms with Gasteiger partial charge in [-0.1, -0.05) is 12.1 Å². The topological polar surface area (TPSA) is 51.9 Å². The lowest BCUT2D eigenvalue weighted by Crippen LogP contribution is -2.27. The maximum absolute atomic E-state index is 12.8. The SMILES string of the molecule is COc1cccc(CN(C)C(=O)c2c(C)oc(C)c2C)c1OC. The van der Waals surface area contributed by atoms with E-state index in [1.54, 1.807) is 26.2 Å². The minimum absolute atomic E-state index is 0.0678. The lowest BCUT2D eigenvalue weighted by atomic mass is 10.1. The average molecular weight is 317 g/mol. The van der Waals surface area contributed by atoms with Crippen molar-refractivity contribution in [2.75, 3.05) is 21.3 Å². The Balaban J connectivity index is 2.29. The first-order valence-corrected chi connectivity index (χ1v) is 7.42. The van der Waals surface area contributed by atoms with E-state index in [0.29, 0.717) is 29.4 Å². The van der Waals surface area contributed by atoms with Crippen LogP contribution in [-0.2, 0) is 6.54 Å². The number of nitrogens with zero attached hydrogens (tertiary/aromatic N) is 1. The van der Waals surface area contributed by atoms with Crippen LogP contribution in [0.4, 0.5) is 0 Å². The molecule has 23 heavy (non-hydrogen) atoms. The molecule has 5 heteroatoms. The molecule has 0 N–H and O–H groups in total. The van der Waals surface area contributed by atoms with Crippen LogP contribution in [0.1, 0.15) is 33.0 Å². The van der Waals surface area contributed by atoms with E-state index < -0.39 is 0 Å². The summed E-state index contributed by atoms with van der Waals surface area (Å²) in [7, 11) is 4.96. The number of methoxy groups -OCH3 is 2. The Bertz CT molecular complexity index is 718.